The monoisotopic (exact) mass is 172 g/mol. The minimum absolute atomic E-state index is 0.990. The van der Waals surface area contributed by atoms with Gasteiger partial charge in [0.2, 0.25) is 0 Å². The zero-order valence-electron chi connectivity index (χ0n) is 8.43. The van der Waals surface area contributed by atoms with Gasteiger partial charge in [0.05, 0.1) is 0 Å². The molecule has 0 heteroatoms. The number of benzene rings is 1. The minimum Gasteiger partial charge on any atom is -0.0984 e. The molecule has 0 heterocycles. The van der Waals surface area contributed by atoms with E-state index in [0.29, 0.717) is 0 Å². The number of rotatable bonds is 3. The minimum atomic E-state index is 0.990. The van der Waals surface area contributed by atoms with Crippen LogP contribution in [0.2, 0.25) is 0 Å². The van der Waals surface area contributed by atoms with Crippen LogP contribution in [0.3, 0.4) is 0 Å². The summed E-state index contributed by atoms with van der Waals surface area (Å²) in [6.07, 6.45) is 2.87. The highest BCUT2D eigenvalue weighted by molar-refractivity contribution is 5.72. The van der Waals surface area contributed by atoms with Crippen molar-refractivity contribution in [2.24, 2.45) is 0 Å². The van der Waals surface area contributed by atoms with Gasteiger partial charge in [0, 0.05) is 0 Å². The summed E-state index contributed by atoms with van der Waals surface area (Å²) in [4.78, 5) is 0. The van der Waals surface area contributed by atoms with Gasteiger partial charge in [-0.3, -0.25) is 0 Å². The quantitative estimate of drug-likeness (QED) is 0.645. The summed E-state index contributed by atoms with van der Waals surface area (Å²) in [7, 11) is 0. The van der Waals surface area contributed by atoms with Crippen LogP contribution in [0.4, 0.5) is 0 Å². The van der Waals surface area contributed by atoms with E-state index < -0.39 is 0 Å². The number of hydrogen-bond acceptors (Lipinski definition) is 0. The molecule has 0 fully saturated rings. The fourth-order valence-electron chi connectivity index (χ4n) is 1.34. The first-order chi connectivity index (χ1) is 6.19. The van der Waals surface area contributed by atoms with Crippen molar-refractivity contribution in [2.75, 3.05) is 0 Å². The van der Waals surface area contributed by atoms with Crippen LogP contribution in [-0.4, -0.2) is 0 Å². The molecule has 0 amide bonds. The van der Waals surface area contributed by atoms with Gasteiger partial charge in [0.25, 0.3) is 0 Å². The summed E-state index contributed by atoms with van der Waals surface area (Å²) >= 11 is 0. The lowest BCUT2D eigenvalue weighted by molar-refractivity contribution is 1.24. The van der Waals surface area contributed by atoms with Gasteiger partial charge in [-0.15, -0.1) is 0 Å². The van der Waals surface area contributed by atoms with Crippen LogP contribution in [0.1, 0.15) is 30.0 Å². The third kappa shape index (κ3) is 2.09. The smallest absolute Gasteiger partial charge is 0.0156 e. The van der Waals surface area contributed by atoms with E-state index in [1.54, 1.807) is 0 Å². The van der Waals surface area contributed by atoms with Gasteiger partial charge < -0.3 is 0 Å². The van der Waals surface area contributed by atoms with E-state index in [1.807, 2.05) is 6.08 Å². The fourth-order valence-corrected chi connectivity index (χ4v) is 1.34. The van der Waals surface area contributed by atoms with Crippen LogP contribution in [0.25, 0.3) is 11.6 Å². The Morgan fingerprint density at radius 3 is 2.69 bits per heavy atom. The Balaban J connectivity index is 3.23. The molecule has 0 aliphatic rings. The predicted molar refractivity (Wildman–Crippen MR) is 60.6 cm³/mol. The molecule has 68 valence electrons. The van der Waals surface area contributed by atoms with Crippen molar-refractivity contribution in [3.8, 4) is 0 Å². The van der Waals surface area contributed by atoms with Crippen molar-refractivity contribution in [2.45, 2.75) is 20.3 Å². The fraction of sp³-hybridized carbons (Fsp3) is 0.231. The van der Waals surface area contributed by atoms with Gasteiger partial charge in [-0.1, -0.05) is 49.9 Å². The van der Waals surface area contributed by atoms with E-state index in [9.17, 15) is 0 Å². The Bertz CT molecular complexity index is 332. The highest BCUT2D eigenvalue weighted by Gasteiger charge is 2.01. The van der Waals surface area contributed by atoms with Crippen LogP contribution in [0.15, 0.2) is 31.4 Å². The van der Waals surface area contributed by atoms with Crippen molar-refractivity contribution < 1.29 is 0 Å². The molecule has 0 saturated heterocycles. The summed E-state index contributed by atoms with van der Waals surface area (Å²) in [6.45, 7) is 12.1. The maximum Gasteiger partial charge on any atom is -0.0156 e. The van der Waals surface area contributed by atoms with Gasteiger partial charge in [-0.05, 0) is 30.0 Å². The SMILES string of the molecule is C=Cc1ccc(C)cc1C(=C)CC. The van der Waals surface area contributed by atoms with Gasteiger partial charge >= 0.3 is 0 Å². The van der Waals surface area contributed by atoms with Gasteiger partial charge in [-0.25, -0.2) is 0 Å². The second kappa shape index (κ2) is 4.08. The summed E-state index contributed by atoms with van der Waals surface area (Å²) < 4.78 is 0. The molecule has 0 spiro atoms. The summed E-state index contributed by atoms with van der Waals surface area (Å²) in [5.74, 6) is 0. The first-order valence-electron chi connectivity index (χ1n) is 4.60. The second-order valence-electron chi connectivity index (χ2n) is 3.25. The first-order valence-corrected chi connectivity index (χ1v) is 4.60. The standard InChI is InChI=1S/C13H16/c1-5-11(4)13-9-10(3)7-8-12(13)6-2/h6-9H,2,4-5H2,1,3H3. The highest BCUT2D eigenvalue weighted by atomic mass is 14.1. The Morgan fingerprint density at radius 2 is 2.15 bits per heavy atom. The molecule has 0 aliphatic heterocycles. The lowest BCUT2D eigenvalue weighted by Crippen LogP contribution is -1.87. The van der Waals surface area contributed by atoms with Crippen molar-refractivity contribution >= 4 is 11.6 Å². The Morgan fingerprint density at radius 1 is 1.46 bits per heavy atom. The molecule has 1 rings (SSSR count). The van der Waals surface area contributed by atoms with Crippen molar-refractivity contribution in [3.05, 3.63) is 48.0 Å². The lowest BCUT2D eigenvalue weighted by Gasteiger charge is -2.08. The molecule has 1 aromatic rings. The summed E-state index contributed by atoms with van der Waals surface area (Å²) in [5, 5.41) is 0. The molecule has 0 saturated carbocycles. The maximum atomic E-state index is 4.05. The van der Waals surface area contributed by atoms with Crippen LogP contribution in [0, 0.1) is 6.92 Å². The Kier molecular flexibility index (Phi) is 3.07. The van der Waals surface area contributed by atoms with Crippen molar-refractivity contribution in [1.29, 1.82) is 0 Å². The molecule has 0 aliphatic carbocycles. The molecular formula is C13H16. The van der Waals surface area contributed by atoms with E-state index in [-0.39, 0.29) is 0 Å². The predicted octanol–water partition coefficient (Wildman–Crippen LogP) is 4.06. The molecule has 0 nitrogen and oxygen atoms in total. The van der Waals surface area contributed by atoms with Crippen molar-refractivity contribution in [1.82, 2.24) is 0 Å². The van der Waals surface area contributed by atoms with E-state index >= 15 is 0 Å². The van der Waals surface area contributed by atoms with Crippen LogP contribution in [0.5, 0.6) is 0 Å². The maximum absolute atomic E-state index is 4.05. The van der Waals surface area contributed by atoms with Gasteiger partial charge in [0.1, 0.15) is 0 Å². The molecule has 0 aromatic heterocycles. The van der Waals surface area contributed by atoms with Crippen LogP contribution < -0.4 is 0 Å². The molecule has 0 bridgehead atoms. The van der Waals surface area contributed by atoms with E-state index in [0.717, 1.165) is 6.42 Å². The zero-order valence-corrected chi connectivity index (χ0v) is 8.43. The Labute approximate surface area is 80.6 Å². The molecule has 0 radical (unpaired) electrons. The third-order valence-electron chi connectivity index (χ3n) is 2.24. The van der Waals surface area contributed by atoms with Gasteiger partial charge in [-0.2, -0.15) is 0 Å². The molecule has 0 atom stereocenters. The first kappa shape index (κ1) is 9.79. The topological polar surface area (TPSA) is 0 Å². The third-order valence-corrected chi connectivity index (χ3v) is 2.24. The second-order valence-corrected chi connectivity index (χ2v) is 3.25. The number of allylic oxidation sites excluding steroid dienone is 1. The largest absolute Gasteiger partial charge is 0.0984 e. The molecule has 0 N–H and O–H groups in total. The molecule has 13 heavy (non-hydrogen) atoms. The zero-order chi connectivity index (χ0) is 9.84. The van der Waals surface area contributed by atoms with E-state index in [4.69, 9.17) is 0 Å². The van der Waals surface area contributed by atoms with Crippen LogP contribution >= 0.6 is 0 Å². The summed E-state index contributed by atoms with van der Waals surface area (Å²) in [5.41, 5.74) is 4.86. The van der Waals surface area contributed by atoms with Crippen molar-refractivity contribution in [3.63, 3.8) is 0 Å². The number of aryl methyl sites for hydroxylation is 1. The van der Waals surface area contributed by atoms with E-state index in [2.05, 4.69) is 45.2 Å². The summed E-state index contributed by atoms with van der Waals surface area (Å²) in [6, 6.07) is 6.37. The molecule has 1 aromatic carbocycles. The van der Waals surface area contributed by atoms with Gasteiger partial charge in [0.15, 0.2) is 0 Å². The Hall–Kier alpha value is -1.30. The lowest BCUT2D eigenvalue weighted by atomic mass is 9.97. The number of hydrogen-bond donors (Lipinski definition) is 0. The average Bonchev–Trinajstić information content (AvgIpc) is 2.16. The highest BCUT2D eigenvalue weighted by Crippen LogP contribution is 2.22. The average molecular weight is 172 g/mol. The normalized spacial score (nSPS) is 9.69. The molecular weight excluding hydrogens is 156 g/mol. The molecule has 0 unspecified atom stereocenters. The van der Waals surface area contributed by atoms with E-state index in [1.165, 1.54) is 22.3 Å². The van der Waals surface area contributed by atoms with Crippen LogP contribution in [-0.2, 0) is 0 Å².